The number of hydrogen-bond acceptors (Lipinski definition) is 3. The van der Waals surface area contributed by atoms with Gasteiger partial charge in [-0.2, -0.15) is 5.10 Å². The van der Waals surface area contributed by atoms with Gasteiger partial charge in [0.1, 0.15) is 0 Å². The minimum atomic E-state index is 0.0215. The predicted octanol–water partition coefficient (Wildman–Crippen LogP) is 1.48. The summed E-state index contributed by atoms with van der Waals surface area (Å²) in [7, 11) is 0. The van der Waals surface area contributed by atoms with Gasteiger partial charge in [-0.15, -0.1) is 0 Å². The molecule has 1 unspecified atom stereocenters. The van der Waals surface area contributed by atoms with Crippen LogP contribution < -0.4 is 11.1 Å². The van der Waals surface area contributed by atoms with Gasteiger partial charge in [0.05, 0.1) is 17.1 Å². The first-order chi connectivity index (χ1) is 7.50. The zero-order valence-corrected chi connectivity index (χ0v) is 10.1. The van der Waals surface area contributed by atoms with Crippen molar-refractivity contribution in [3.63, 3.8) is 0 Å². The molecule has 0 aromatic carbocycles. The average molecular weight is 224 g/mol. The van der Waals surface area contributed by atoms with Gasteiger partial charge in [-0.25, -0.2) is 0 Å². The van der Waals surface area contributed by atoms with Crippen molar-refractivity contribution in [3.05, 3.63) is 11.4 Å². The summed E-state index contributed by atoms with van der Waals surface area (Å²) in [6.45, 7) is 5.70. The molecule has 0 radical (unpaired) electrons. The van der Waals surface area contributed by atoms with Gasteiger partial charge in [0.2, 0.25) is 5.91 Å². The highest BCUT2D eigenvalue weighted by Gasteiger charge is 2.09. The Balaban J connectivity index is 2.40. The lowest BCUT2D eigenvalue weighted by molar-refractivity contribution is -0.116. The van der Waals surface area contributed by atoms with Crippen molar-refractivity contribution in [3.8, 4) is 0 Å². The van der Waals surface area contributed by atoms with E-state index in [2.05, 4.69) is 15.5 Å². The number of rotatable bonds is 5. The second-order valence-corrected chi connectivity index (χ2v) is 4.23. The number of amides is 1. The lowest BCUT2D eigenvalue weighted by Gasteiger charge is -2.06. The largest absolute Gasteiger partial charge is 0.328 e. The lowest BCUT2D eigenvalue weighted by atomic mass is 10.1. The summed E-state index contributed by atoms with van der Waals surface area (Å²) < 4.78 is 0. The van der Waals surface area contributed by atoms with Crippen LogP contribution in [0.3, 0.4) is 0 Å². The summed E-state index contributed by atoms with van der Waals surface area (Å²) in [5, 5.41) is 9.71. The molecule has 0 saturated heterocycles. The molecule has 0 fully saturated rings. The number of hydrogen-bond donors (Lipinski definition) is 3. The van der Waals surface area contributed by atoms with Crippen LogP contribution in [0.15, 0.2) is 0 Å². The molecular weight excluding hydrogens is 204 g/mol. The maximum atomic E-state index is 11.6. The van der Waals surface area contributed by atoms with Gasteiger partial charge in [-0.1, -0.05) is 0 Å². The number of nitrogens with zero attached hydrogens (tertiary/aromatic N) is 1. The average Bonchev–Trinajstić information content (AvgIpc) is 2.49. The van der Waals surface area contributed by atoms with Crippen molar-refractivity contribution in [2.45, 2.75) is 46.1 Å². The zero-order valence-electron chi connectivity index (χ0n) is 10.1. The molecule has 5 heteroatoms. The van der Waals surface area contributed by atoms with E-state index in [0.29, 0.717) is 6.42 Å². The normalized spacial score (nSPS) is 12.5. The van der Waals surface area contributed by atoms with Crippen molar-refractivity contribution in [2.75, 3.05) is 5.32 Å². The van der Waals surface area contributed by atoms with Gasteiger partial charge in [-0.3, -0.25) is 9.89 Å². The molecule has 1 atom stereocenters. The molecule has 1 aromatic heterocycles. The molecule has 0 aliphatic rings. The third-order valence-corrected chi connectivity index (χ3v) is 2.46. The molecule has 4 N–H and O–H groups in total. The van der Waals surface area contributed by atoms with Gasteiger partial charge in [0, 0.05) is 12.5 Å². The van der Waals surface area contributed by atoms with E-state index in [1.165, 1.54) is 0 Å². The molecule has 90 valence electrons. The second-order valence-electron chi connectivity index (χ2n) is 4.23. The molecule has 5 nitrogen and oxygen atoms in total. The Labute approximate surface area is 95.8 Å². The van der Waals surface area contributed by atoms with Crippen LogP contribution in [0.25, 0.3) is 0 Å². The van der Waals surface area contributed by atoms with Crippen LogP contribution in [-0.2, 0) is 4.79 Å². The van der Waals surface area contributed by atoms with Crippen LogP contribution >= 0.6 is 0 Å². The van der Waals surface area contributed by atoms with Crippen LogP contribution in [0.1, 0.15) is 37.6 Å². The first-order valence-corrected chi connectivity index (χ1v) is 5.57. The number of carbonyl (C=O) groups excluding carboxylic acids is 1. The second kappa shape index (κ2) is 5.65. The maximum absolute atomic E-state index is 11.6. The molecule has 0 aliphatic carbocycles. The minimum absolute atomic E-state index is 0.0215. The van der Waals surface area contributed by atoms with Crippen molar-refractivity contribution in [2.24, 2.45) is 5.73 Å². The van der Waals surface area contributed by atoms with E-state index in [-0.39, 0.29) is 11.9 Å². The van der Waals surface area contributed by atoms with Crippen molar-refractivity contribution in [1.82, 2.24) is 10.2 Å². The third kappa shape index (κ3) is 3.66. The van der Waals surface area contributed by atoms with Crippen LogP contribution in [0.4, 0.5) is 5.69 Å². The van der Waals surface area contributed by atoms with E-state index in [9.17, 15) is 4.79 Å². The van der Waals surface area contributed by atoms with E-state index in [1.54, 1.807) is 0 Å². The summed E-state index contributed by atoms with van der Waals surface area (Å²) in [5.74, 6) is 0.0215. The fourth-order valence-electron chi connectivity index (χ4n) is 1.52. The summed E-state index contributed by atoms with van der Waals surface area (Å²) in [4.78, 5) is 11.6. The van der Waals surface area contributed by atoms with Crippen molar-refractivity contribution >= 4 is 11.6 Å². The highest BCUT2D eigenvalue weighted by Crippen LogP contribution is 2.16. The highest BCUT2D eigenvalue weighted by molar-refractivity contribution is 5.91. The summed E-state index contributed by atoms with van der Waals surface area (Å²) in [6.07, 6.45) is 2.20. The summed E-state index contributed by atoms with van der Waals surface area (Å²) >= 11 is 0. The van der Waals surface area contributed by atoms with Crippen LogP contribution in [0.5, 0.6) is 0 Å². The molecule has 1 amide bonds. The van der Waals surface area contributed by atoms with E-state index >= 15 is 0 Å². The van der Waals surface area contributed by atoms with Crippen LogP contribution in [0.2, 0.25) is 0 Å². The predicted molar refractivity (Wildman–Crippen MR) is 64.2 cm³/mol. The van der Waals surface area contributed by atoms with Gasteiger partial charge in [0.25, 0.3) is 0 Å². The number of aryl methyl sites for hydroxylation is 2. The number of anilines is 1. The van der Waals surface area contributed by atoms with Gasteiger partial charge in [0.15, 0.2) is 0 Å². The molecular formula is C11H20N4O. The number of carbonyl (C=O) groups is 1. The summed E-state index contributed by atoms with van der Waals surface area (Å²) in [6, 6.07) is 0.158. The Morgan fingerprint density at radius 2 is 2.25 bits per heavy atom. The molecule has 16 heavy (non-hydrogen) atoms. The fourth-order valence-corrected chi connectivity index (χ4v) is 1.52. The monoisotopic (exact) mass is 224 g/mol. The van der Waals surface area contributed by atoms with Crippen LogP contribution in [-0.4, -0.2) is 22.1 Å². The first-order valence-electron chi connectivity index (χ1n) is 5.57. The molecule has 1 aromatic rings. The van der Waals surface area contributed by atoms with E-state index in [4.69, 9.17) is 5.73 Å². The molecule has 1 heterocycles. The number of aromatic amines is 1. The van der Waals surface area contributed by atoms with Crippen LogP contribution in [0, 0.1) is 13.8 Å². The SMILES string of the molecule is Cc1n[nH]c(C)c1NC(=O)CCCC(C)N. The third-order valence-electron chi connectivity index (χ3n) is 2.46. The molecule has 0 aliphatic heterocycles. The lowest BCUT2D eigenvalue weighted by Crippen LogP contribution is -2.17. The van der Waals surface area contributed by atoms with Gasteiger partial charge >= 0.3 is 0 Å². The maximum Gasteiger partial charge on any atom is 0.224 e. The van der Waals surface area contributed by atoms with Gasteiger partial charge in [-0.05, 0) is 33.6 Å². The fraction of sp³-hybridized carbons (Fsp3) is 0.636. The van der Waals surface area contributed by atoms with E-state index in [0.717, 1.165) is 29.9 Å². The Kier molecular flexibility index (Phi) is 4.49. The van der Waals surface area contributed by atoms with Crippen molar-refractivity contribution in [1.29, 1.82) is 0 Å². The number of nitrogens with two attached hydrogens (primary N) is 1. The highest BCUT2D eigenvalue weighted by atomic mass is 16.1. The Hall–Kier alpha value is -1.36. The Bertz CT molecular complexity index is 337. The Morgan fingerprint density at radius 1 is 1.56 bits per heavy atom. The number of aromatic nitrogens is 2. The van der Waals surface area contributed by atoms with E-state index < -0.39 is 0 Å². The standard InChI is InChI=1S/C11H20N4O/c1-7(12)5-4-6-10(16)13-11-8(2)14-15-9(11)3/h7H,4-6,12H2,1-3H3,(H,13,16)(H,14,15). The topological polar surface area (TPSA) is 83.8 Å². The summed E-state index contributed by atoms with van der Waals surface area (Å²) in [5.41, 5.74) is 8.12. The Morgan fingerprint density at radius 3 is 2.75 bits per heavy atom. The van der Waals surface area contributed by atoms with Gasteiger partial charge < -0.3 is 11.1 Å². The smallest absolute Gasteiger partial charge is 0.224 e. The van der Waals surface area contributed by atoms with Crippen molar-refractivity contribution < 1.29 is 4.79 Å². The zero-order chi connectivity index (χ0) is 12.1. The molecule has 0 bridgehead atoms. The number of H-pyrrole nitrogens is 1. The quantitative estimate of drug-likeness (QED) is 0.708. The molecule has 1 rings (SSSR count). The van der Waals surface area contributed by atoms with E-state index in [1.807, 2.05) is 20.8 Å². The molecule has 0 saturated carbocycles. The molecule has 0 spiro atoms. The first kappa shape index (κ1) is 12.7. The minimum Gasteiger partial charge on any atom is -0.328 e. The number of nitrogens with one attached hydrogen (secondary N) is 2.